The Balaban J connectivity index is 1.97. The van der Waals surface area contributed by atoms with Gasteiger partial charge in [0.2, 0.25) is 0 Å². The number of fused-ring (bicyclic) bond motifs is 1. The van der Waals surface area contributed by atoms with Crippen LogP contribution in [0.1, 0.15) is 54.7 Å². The highest BCUT2D eigenvalue weighted by molar-refractivity contribution is 7.15. The number of hydrogen-bond acceptors (Lipinski definition) is 5. The Hall–Kier alpha value is -0.910. The third-order valence-electron chi connectivity index (χ3n) is 4.10. The van der Waals surface area contributed by atoms with Gasteiger partial charge in [0.1, 0.15) is 0 Å². The predicted molar refractivity (Wildman–Crippen MR) is 92.5 cm³/mol. The SMILES string of the molecule is CC1c2ccsc2CCN1c1nc(C(C)(C)C)c(CN)s1. The van der Waals surface area contributed by atoms with E-state index in [1.54, 1.807) is 11.3 Å². The molecule has 0 amide bonds. The molecule has 3 nitrogen and oxygen atoms in total. The van der Waals surface area contributed by atoms with E-state index in [0.717, 1.165) is 23.8 Å². The van der Waals surface area contributed by atoms with Crippen LogP contribution in [0, 0.1) is 0 Å². The third kappa shape index (κ3) is 2.62. The Kier molecular flexibility index (Phi) is 3.84. The lowest BCUT2D eigenvalue weighted by atomic mass is 9.91. The first-order chi connectivity index (χ1) is 9.91. The minimum Gasteiger partial charge on any atom is -0.341 e. The van der Waals surface area contributed by atoms with Crippen LogP contribution in [0.4, 0.5) is 5.13 Å². The molecule has 0 saturated carbocycles. The van der Waals surface area contributed by atoms with Crippen molar-refractivity contribution in [2.24, 2.45) is 5.73 Å². The predicted octanol–water partition coefficient (Wildman–Crippen LogP) is 4.08. The summed E-state index contributed by atoms with van der Waals surface area (Å²) in [6.07, 6.45) is 1.12. The topological polar surface area (TPSA) is 42.2 Å². The summed E-state index contributed by atoms with van der Waals surface area (Å²) in [5.74, 6) is 0. The summed E-state index contributed by atoms with van der Waals surface area (Å²) < 4.78 is 0. The van der Waals surface area contributed by atoms with Crippen LogP contribution in [0.25, 0.3) is 0 Å². The van der Waals surface area contributed by atoms with Crippen LogP contribution >= 0.6 is 22.7 Å². The van der Waals surface area contributed by atoms with E-state index in [-0.39, 0.29) is 5.41 Å². The van der Waals surface area contributed by atoms with Gasteiger partial charge < -0.3 is 10.6 Å². The molecular formula is C16H23N3S2. The normalized spacial score (nSPS) is 18.9. The van der Waals surface area contributed by atoms with Crippen molar-refractivity contribution in [2.75, 3.05) is 11.4 Å². The summed E-state index contributed by atoms with van der Waals surface area (Å²) in [5, 5.41) is 3.34. The van der Waals surface area contributed by atoms with Crippen molar-refractivity contribution in [1.82, 2.24) is 4.98 Å². The van der Waals surface area contributed by atoms with Gasteiger partial charge in [-0.05, 0) is 30.4 Å². The average molecular weight is 322 g/mol. The van der Waals surface area contributed by atoms with Gasteiger partial charge in [0.05, 0.1) is 11.7 Å². The molecule has 114 valence electrons. The van der Waals surface area contributed by atoms with Crippen LogP contribution < -0.4 is 10.6 Å². The maximum atomic E-state index is 5.94. The molecule has 21 heavy (non-hydrogen) atoms. The quantitative estimate of drug-likeness (QED) is 0.906. The largest absolute Gasteiger partial charge is 0.341 e. The highest BCUT2D eigenvalue weighted by Gasteiger charge is 2.29. The molecule has 1 atom stereocenters. The fourth-order valence-corrected chi connectivity index (χ4v) is 5.18. The number of nitrogens with two attached hydrogens (primary N) is 1. The number of thiophene rings is 1. The van der Waals surface area contributed by atoms with Crippen molar-refractivity contribution in [2.45, 2.75) is 52.1 Å². The number of nitrogens with zero attached hydrogens (tertiary/aromatic N) is 2. The van der Waals surface area contributed by atoms with E-state index in [2.05, 4.69) is 44.0 Å². The van der Waals surface area contributed by atoms with E-state index < -0.39 is 0 Å². The molecule has 0 aromatic carbocycles. The molecule has 2 N–H and O–H groups in total. The average Bonchev–Trinajstić information content (AvgIpc) is 3.04. The zero-order chi connectivity index (χ0) is 15.2. The maximum Gasteiger partial charge on any atom is 0.186 e. The minimum atomic E-state index is 0.0516. The summed E-state index contributed by atoms with van der Waals surface area (Å²) in [6, 6.07) is 2.67. The Morgan fingerprint density at radius 3 is 2.81 bits per heavy atom. The molecule has 2 aromatic rings. The van der Waals surface area contributed by atoms with Crippen LogP contribution in [0.5, 0.6) is 0 Å². The molecule has 0 spiro atoms. The third-order valence-corrected chi connectivity index (χ3v) is 6.22. The maximum absolute atomic E-state index is 5.94. The number of thiazole rings is 1. The molecule has 0 aliphatic carbocycles. The number of aromatic nitrogens is 1. The van der Waals surface area contributed by atoms with Gasteiger partial charge in [0.25, 0.3) is 0 Å². The van der Waals surface area contributed by atoms with Gasteiger partial charge in [0.15, 0.2) is 5.13 Å². The van der Waals surface area contributed by atoms with E-state index in [1.807, 2.05) is 11.3 Å². The van der Waals surface area contributed by atoms with E-state index in [4.69, 9.17) is 10.7 Å². The summed E-state index contributed by atoms with van der Waals surface area (Å²) in [7, 11) is 0. The molecule has 1 aliphatic rings. The van der Waals surface area contributed by atoms with E-state index in [0.29, 0.717) is 12.6 Å². The van der Waals surface area contributed by atoms with Crippen molar-refractivity contribution in [3.05, 3.63) is 32.5 Å². The first-order valence-corrected chi connectivity index (χ1v) is 9.14. The van der Waals surface area contributed by atoms with Gasteiger partial charge in [-0.15, -0.1) is 22.7 Å². The van der Waals surface area contributed by atoms with Crippen molar-refractivity contribution < 1.29 is 0 Å². The minimum absolute atomic E-state index is 0.0516. The van der Waals surface area contributed by atoms with Gasteiger partial charge in [0, 0.05) is 28.3 Å². The molecule has 0 radical (unpaired) electrons. The second kappa shape index (κ2) is 5.38. The van der Waals surface area contributed by atoms with Gasteiger partial charge in [-0.25, -0.2) is 4.98 Å². The van der Waals surface area contributed by atoms with Crippen molar-refractivity contribution in [1.29, 1.82) is 0 Å². The first-order valence-electron chi connectivity index (χ1n) is 7.45. The van der Waals surface area contributed by atoms with Crippen LogP contribution in [0.2, 0.25) is 0 Å². The Morgan fingerprint density at radius 2 is 2.19 bits per heavy atom. The summed E-state index contributed by atoms with van der Waals surface area (Å²) >= 11 is 3.65. The number of hydrogen-bond donors (Lipinski definition) is 1. The second-order valence-corrected chi connectivity index (χ2v) is 8.70. The zero-order valence-electron chi connectivity index (χ0n) is 13.1. The molecule has 3 heterocycles. The standard InChI is InChI=1S/C16H23N3S2/c1-10-11-6-8-20-12(11)5-7-19(10)15-18-14(16(2,3)4)13(9-17)21-15/h6,8,10H,5,7,9,17H2,1-4H3. The second-order valence-electron chi connectivity index (χ2n) is 6.64. The summed E-state index contributed by atoms with van der Waals surface area (Å²) in [4.78, 5) is 10.1. The lowest BCUT2D eigenvalue weighted by Crippen LogP contribution is -2.33. The molecule has 2 aromatic heterocycles. The van der Waals surface area contributed by atoms with Crippen LogP contribution in [0.3, 0.4) is 0 Å². The molecule has 5 heteroatoms. The lowest BCUT2D eigenvalue weighted by Gasteiger charge is -2.33. The van der Waals surface area contributed by atoms with E-state index >= 15 is 0 Å². The molecular weight excluding hydrogens is 298 g/mol. The molecule has 0 bridgehead atoms. The number of rotatable bonds is 2. The van der Waals surface area contributed by atoms with Crippen LogP contribution in [-0.4, -0.2) is 11.5 Å². The molecule has 1 unspecified atom stereocenters. The van der Waals surface area contributed by atoms with Crippen molar-refractivity contribution >= 4 is 27.8 Å². The smallest absolute Gasteiger partial charge is 0.186 e. The summed E-state index contributed by atoms with van der Waals surface area (Å²) in [5.41, 5.74) is 8.62. The fraction of sp³-hybridized carbons (Fsp3) is 0.562. The van der Waals surface area contributed by atoms with Crippen LogP contribution in [-0.2, 0) is 18.4 Å². The lowest BCUT2D eigenvalue weighted by molar-refractivity contribution is 0.562. The fourth-order valence-electron chi connectivity index (χ4n) is 2.96. The summed E-state index contributed by atoms with van der Waals surface area (Å²) in [6.45, 7) is 10.5. The van der Waals surface area contributed by atoms with E-state index in [9.17, 15) is 0 Å². The van der Waals surface area contributed by atoms with Crippen LogP contribution in [0.15, 0.2) is 11.4 Å². The monoisotopic (exact) mass is 321 g/mol. The molecule has 0 fully saturated rings. The molecule has 1 aliphatic heterocycles. The van der Waals surface area contributed by atoms with E-state index in [1.165, 1.54) is 15.3 Å². The Bertz CT molecular complexity index is 636. The van der Waals surface area contributed by atoms with Gasteiger partial charge in [-0.3, -0.25) is 0 Å². The Labute approximate surface area is 134 Å². The first kappa shape index (κ1) is 15.0. The van der Waals surface area contributed by atoms with Gasteiger partial charge >= 0.3 is 0 Å². The highest BCUT2D eigenvalue weighted by atomic mass is 32.1. The van der Waals surface area contributed by atoms with Crippen molar-refractivity contribution in [3.8, 4) is 0 Å². The highest BCUT2D eigenvalue weighted by Crippen LogP contribution is 2.40. The van der Waals surface area contributed by atoms with Gasteiger partial charge in [-0.2, -0.15) is 0 Å². The van der Waals surface area contributed by atoms with Crippen molar-refractivity contribution in [3.63, 3.8) is 0 Å². The molecule has 0 saturated heterocycles. The Morgan fingerprint density at radius 1 is 1.43 bits per heavy atom. The number of anilines is 1. The van der Waals surface area contributed by atoms with Gasteiger partial charge in [-0.1, -0.05) is 20.8 Å². The molecule has 3 rings (SSSR count). The zero-order valence-corrected chi connectivity index (χ0v) is 14.8.